The van der Waals surface area contributed by atoms with Crippen molar-refractivity contribution in [2.45, 2.75) is 23.8 Å². The Kier molecular flexibility index (Phi) is 4.54. The van der Waals surface area contributed by atoms with E-state index >= 15 is 0 Å². The zero-order chi connectivity index (χ0) is 14.8. The first-order valence-electron chi connectivity index (χ1n) is 6.58. The number of nitrogens with zero attached hydrogens (tertiary/aromatic N) is 1. The second-order valence-corrected chi connectivity index (χ2v) is 6.40. The molecule has 112 valence electrons. The Hall–Kier alpha value is -0.880. The number of hydrogen-bond donors (Lipinski definition) is 1. The van der Waals surface area contributed by atoms with Gasteiger partial charge in [-0.15, -0.1) is 0 Å². The third-order valence-electron chi connectivity index (χ3n) is 4.04. The first kappa shape index (κ1) is 15.5. The van der Waals surface area contributed by atoms with E-state index in [1.54, 1.807) is 23.9 Å². The number of benzene rings is 1. The number of thioether (sulfide) groups is 1. The van der Waals surface area contributed by atoms with Gasteiger partial charge in [0, 0.05) is 30.1 Å². The zero-order valence-corrected chi connectivity index (χ0v) is 12.2. The minimum Gasteiger partial charge on any atom is -0.371 e. The molecule has 1 aliphatic heterocycles. The van der Waals surface area contributed by atoms with Gasteiger partial charge >= 0.3 is 6.18 Å². The average Bonchev–Trinajstić information content (AvgIpc) is 2.47. The second-order valence-electron chi connectivity index (χ2n) is 5.12. The lowest BCUT2D eigenvalue weighted by atomic mass is 9.95. The SMILES string of the molecule is CSC1(CN)CCN(c2ccc(C(F)(F)F)cc2)CC1. The van der Waals surface area contributed by atoms with Gasteiger partial charge in [0.05, 0.1) is 5.56 Å². The van der Waals surface area contributed by atoms with Crippen LogP contribution in [0.2, 0.25) is 0 Å². The van der Waals surface area contributed by atoms with Crippen LogP contribution in [0, 0.1) is 0 Å². The summed E-state index contributed by atoms with van der Waals surface area (Å²) in [4.78, 5) is 2.13. The van der Waals surface area contributed by atoms with Crippen molar-refractivity contribution in [2.24, 2.45) is 5.73 Å². The molecule has 1 aliphatic rings. The first-order chi connectivity index (χ1) is 9.40. The fourth-order valence-electron chi connectivity index (χ4n) is 2.53. The predicted octanol–water partition coefficient (Wildman–Crippen LogP) is 3.37. The number of alkyl halides is 3. The number of rotatable bonds is 3. The number of piperidine rings is 1. The highest BCUT2D eigenvalue weighted by atomic mass is 32.2. The summed E-state index contributed by atoms with van der Waals surface area (Å²) in [5, 5.41) is 0. The van der Waals surface area contributed by atoms with Gasteiger partial charge in [0.2, 0.25) is 0 Å². The Morgan fingerprint density at radius 2 is 1.75 bits per heavy atom. The average molecular weight is 304 g/mol. The normalized spacial score (nSPS) is 19.1. The number of hydrogen-bond acceptors (Lipinski definition) is 3. The maximum atomic E-state index is 12.5. The molecule has 6 heteroatoms. The van der Waals surface area contributed by atoms with Crippen LogP contribution >= 0.6 is 11.8 Å². The zero-order valence-electron chi connectivity index (χ0n) is 11.4. The van der Waals surface area contributed by atoms with Crippen LogP contribution in [0.5, 0.6) is 0 Å². The van der Waals surface area contributed by atoms with Crippen molar-refractivity contribution in [2.75, 3.05) is 30.8 Å². The van der Waals surface area contributed by atoms with E-state index in [9.17, 15) is 13.2 Å². The maximum Gasteiger partial charge on any atom is 0.416 e. The molecule has 0 aromatic heterocycles. The van der Waals surface area contributed by atoms with E-state index in [2.05, 4.69) is 11.2 Å². The molecule has 20 heavy (non-hydrogen) atoms. The first-order valence-corrected chi connectivity index (χ1v) is 7.80. The lowest BCUT2D eigenvalue weighted by molar-refractivity contribution is -0.137. The molecule has 0 amide bonds. The highest BCUT2D eigenvalue weighted by molar-refractivity contribution is 8.00. The molecule has 0 saturated carbocycles. The van der Waals surface area contributed by atoms with Crippen molar-refractivity contribution in [3.05, 3.63) is 29.8 Å². The van der Waals surface area contributed by atoms with E-state index < -0.39 is 11.7 Å². The number of nitrogens with two attached hydrogens (primary N) is 1. The summed E-state index contributed by atoms with van der Waals surface area (Å²) >= 11 is 1.80. The van der Waals surface area contributed by atoms with Gasteiger partial charge < -0.3 is 10.6 Å². The van der Waals surface area contributed by atoms with Gasteiger partial charge in [0.15, 0.2) is 0 Å². The fraction of sp³-hybridized carbons (Fsp3) is 0.571. The Morgan fingerprint density at radius 3 is 2.15 bits per heavy atom. The van der Waals surface area contributed by atoms with Crippen molar-refractivity contribution in [3.63, 3.8) is 0 Å². The monoisotopic (exact) mass is 304 g/mol. The van der Waals surface area contributed by atoms with Gasteiger partial charge in [-0.2, -0.15) is 24.9 Å². The minimum atomic E-state index is -4.27. The lowest BCUT2D eigenvalue weighted by Crippen LogP contribution is -2.46. The Bertz CT molecular complexity index is 431. The van der Waals surface area contributed by atoms with Crippen LogP contribution < -0.4 is 10.6 Å². The topological polar surface area (TPSA) is 29.3 Å². The largest absolute Gasteiger partial charge is 0.416 e. The summed E-state index contributed by atoms with van der Waals surface area (Å²) in [5.74, 6) is 0. The highest BCUT2D eigenvalue weighted by Crippen LogP contribution is 2.36. The molecule has 0 unspecified atom stereocenters. The molecule has 1 aromatic carbocycles. The molecule has 1 saturated heterocycles. The third kappa shape index (κ3) is 3.23. The molecule has 0 spiro atoms. The van der Waals surface area contributed by atoms with Gasteiger partial charge in [0.25, 0.3) is 0 Å². The van der Waals surface area contributed by atoms with Gasteiger partial charge in [0.1, 0.15) is 0 Å². The molecular weight excluding hydrogens is 285 g/mol. The molecule has 2 rings (SSSR count). The van der Waals surface area contributed by atoms with Gasteiger partial charge in [-0.1, -0.05) is 0 Å². The summed E-state index contributed by atoms with van der Waals surface area (Å²) in [7, 11) is 0. The van der Waals surface area contributed by atoms with Crippen molar-refractivity contribution in [3.8, 4) is 0 Å². The fourth-order valence-corrected chi connectivity index (χ4v) is 3.28. The van der Waals surface area contributed by atoms with Gasteiger partial charge in [-0.3, -0.25) is 0 Å². The predicted molar refractivity (Wildman–Crippen MR) is 78.2 cm³/mol. The summed E-state index contributed by atoms with van der Waals surface area (Å²) in [6.45, 7) is 2.32. The van der Waals surface area contributed by atoms with Crippen LogP contribution in [0.15, 0.2) is 24.3 Å². The van der Waals surface area contributed by atoms with Crippen molar-refractivity contribution < 1.29 is 13.2 Å². The number of anilines is 1. The molecule has 0 bridgehead atoms. The van der Waals surface area contributed by atoms with Crippen molar-refractivity contribution in [1.29, 1.82) is 0 Å². The summed E-state index contributed by atoms with van der Waals surface area (Å²) in [5.41, 5.74) is 6.09. The van der Waals surface area contributed by atoms with E-state index in [1.165, 1.54) is 0 Å². The second kappa shape index (κ2) is 5.85. The van der Waals surface area contributed by atoms with Crippen molar-refractivity contribution in [1.82, 2.24) is 0 Å². The van der Waals surface area contributed by atoms with Crippen LogP contribution in [0.3, 0.4) is 0 Å². The van der Waals surface area contributed by atoms with Crippen LogP contribution in [-0.2, 0) is 6.18 Å². The Labute approximate surface area is 121 Å². The molecule has 0 radical (unpaired) electrons. The quantitative estimate of drug-likeness (QED) is 0.928. The smallest absolute Gasteiger partial charge is 0.371 e. The number of halogens is 3. The maximum absolute atomic E-state index is 12.5. The molecule has 1 heterocycles. The molecular formula is C14H19F3N2S. The molecule has 2 nitrogen and oxygen atoms in total. The summed E-state index contributed by atoms with van der Waals surface area (Å²) < 4.78 is 37.7. The molecule has 0 atom stereocenters. The van der Waals surface area contributed by atoms with E-state index in [0.717, 1.165) is 43.8 Å². The van der Waals surface area contributed by atoms with Crippen LogP contribution in [0.4, 0.5) is 18.9 Å². The van der Waals surface area contributed by atoms with E-state index in [-0.39, 0.29) is 4.75 Å². The molecule has 1 aromatic rings. The van der Waals surface area contributed by atoms with Crippen LogP contribution in [-0.4, -0.2) is 30.6 Å². The molecule has 0 aliphatic carbocycles. The highest BCUT2D eigenvalue weighted by Gasteiger charge is 2.33. The molecule has 2 N–H and O–H groups in total. The minimum absolute atomic E-state index is 0.127. The van der Waals surface area contributed by atoms with E-state index in [1.807, 2.05) is 0 Å². The molecule has 1 fully saturated rings. The Morgan fingerprint density at radius 1 is 1.20 bits per heavy atom. The summed E-state index contributed by atoms with van der Waals surface area (Å²) in [6.07, 6.45) is -0.272. The summed E-state index contributed by atoms with van der Waals surface area (Å²) in [6, 6.07) is 5.40. The van der Waals surface area contributed by atoms with Crippen molar-refractivity contribution >= 4 is 17.4 Å². The van der Waals surface area contributed by atoms with Crippen LogP contribution in [0.1, 0.15) is 18.4 Å². The Balaban J connectivity index is 2.04. The lowest BCUT2D eigenvalue weighted by Gasteiger charge is -2.41. The van der Waals surface area contributed by atoms with Gasteiger partial charge in [-0.05, 0) is 43.4 Å². The van der Waals surface area contributed by atoms with E-state index in [0.29, 0.717) is 6.54 Å². The van der Waals surface area contributed by atoms with Crippen LogP contribution in [0.25, 0.3) is 0 Å². The van der Waals surface area contributed by atoms with Gasteiger partial charge in [-0.25, -0.2) is 0 Å². The van der Waals surface area contributed by atoms with E-state index in [4.69, 9.17) is 5.73 Å². The third-order valence-corrected chi connectivity index (χ3v) is 5.48. The standard InChI is InChI=1S/C14H19F3N2S/c1-20-13(10-18)6-8-19(9-7-13)12-4-2-11(3-5-12)14(15,16)17/h2-5H,6-10,18H2,1H3.